The van der Waals surface area contributed by atoms with Crippen LogP contribution in [0.2, 0.25) is 5.02 Å². The van der Waals surface area contributed by atoms with E-state index in [-0.39, 0.29) is 5.82 Å². The zero-order valence-corrected chi connectivity index (χ0v) is 14.9. The smallest absolute Gasteiger partial charge is 0.124 e. The first-order valence-electron chi connectivity index (χ1n) is 8.20. The van der Waals surface area contributed by atoms with Gasteiger partial charge < -0.3 is 9.47 Å². The quantitative estimate of drug-likeness (QED) is 0.612. The van der Waals surface area contributed by atoms with E-state index in [0.717, 1.165) is 24.9 Å². The lowest BCUT2D eigenvalue weighted by molar-refractivity contribution is 0.400. The zero-order chi connectivity index (χ0) is 17.1. The highest BCUT2D eigenvalue weighted by molar-refractivity contribution is 6.31. The molecule has 0 spiro atoms. The number of benzene rings is 2. The summed E-state index contributed by atoms with van der Waals surface area (Å²) in [6.45, 7) is 1.72. The van der Waals surface area contributed by atoms with Gasteiger partial charge in [-0.05, 0) is 62.8 Å². The molecule has 0 N–H and O–H groups in total. The number of halogens is 2. The molecule has 1 heterocycles. The van der Waals surface area contributed by atoms with Gasteiger partial charge in [0.15, 0.2) is 0 Å². The van der Waals surface area contributed by atoms with Crippen LogP contribution in [-0.4, -0.2) is 30.1 Å². The average Bonchev–Trinajstić information content (AvgIpc) is 2.88. The van der Waals surface area contributed by atoms with Crippen LogP contribution in [0.5, 0.6) is 0 Å². The highest BCUT2D eigenvalue weighted by Gasteiger charge is 2.10. The minimum absolute atomic E-state index is 0.300. The standard InChI is InChI=1S/C20H22ClFN2/c1-23(2)11-5-6-15-13-24(20-8-4-3-7-18(15)20)14-16-9-10-17(22)12-19(16)21/h3-4,7-10,12-13H,5-6,11,14H2,1-2H3. The maximum atomic E-state index is 13.3. The number of rotatable bonds is 6. The molecule has 0 saturated carbocycles. The monoisotopic (exact) mass is 344 g/mol. The number of fused-ring (bicyclic) bond motifs is 1. The average molecular weight is 345 g/mol. The van der Waals surface area contributed by atoms with Crippen molar-refractivity contribution >= 4 is 22.5 Å². The van der Waals surface area contributed by atoms with Crippen LogP contribution in [0.3, 0.4) is 0 Å². The van der Waals surface area contributed by atoms with Crippen LogP contribution < -0.4 is 0 Å². The van der Waals surface area contributed by atoms with Crippen molar-refractivity contribution in [2.45, 2.75) is 19.4 Å². The van der Waals surface area contributed by atoms with Gasteiger partial charge in [-0.1, -0.05) is 35.9 Å². The van der Waals surface area contributed by atoms with E-state index in [1.165, 1.54) is 28.6 Å². The fourth-order valence-corrected chi connectivity index (χ4v) is 3.30. The van der Waals surface area contributed by atoms with Gasteiger partial charge in [-0.3, -0.25) is 0 Å². The first-order chi connectivity index (χ1) is 11.5. The molecule has 24 heavy (non-hydrogen) atoms. The van der Waals surface area contributed by atoms with Gasteiger partial charge in [-0.25, -0.2) is 4.39 Å². The van der Waals surface area contributed by atoms with E-state index < -0.39 is 0 Å². The van der Waals surface area contributed by atoms with Crippen molar-refractivity contribution in [3.8, 4) is 0 Å². The molecule has 0 saturated heterocycles. The molecule has 0 amide bonds. The highest BCUT2D eigenvalue weighted by Crippen LogP contribution is 2.25. The normalized spacial score (nSPS) is 11.5. The van der Waals surface area contributed by atoms with Gasteiger partial charge in [-0.15, -0.1) is 0 Å². The molecule has 0 aliphatic carbocycles. The van der Waals surface area contributed by atoms with Gasteiger partial charge in [0.25, 0.3) is 0 Å². The number of para-hydroxylation sites is 1. The molecule has 0 fully saturated rings. The van der Waals surface area contributed by atoms with Crippen molar-refractivity contribution in [2.75, 3.05) is 20.6 Å². The molecule has 3 rings (SSSR count). The molecule has 0 bridgehead atoms. The van der Waals surface area contributed by atoms with Gasteiger partial charge in [0.05, 0.1) is 0 Å². The van der Waals surface area contributed by atoms with Crippen LogP contribution in [0, 0.1) is 5.82 Å². The van der Waals surface area contributed by atoms with Crippen LogP contribution >= 0.6 is 11.6 Å². The van der Waals surface area contributed by atoms with E-state index in [1.54, 1.807) is 6.07 Å². The van der Waals surface area contributed by atoms with Crippen LogP contribution in [0.1, 0.15) is 17.5 Å². The van der Waals surface area contributed by atoms with Crippen molar-refractivity contribution < 1.29 is 4.39 Å². The van der Waals surface area contributed by atoms with Gasteiger partial charge in [0.1, 0.15) is 5.82 Å². The van der Waals surface area contributed by atoms with E-state index in [9.17, 15) is 4.39 Å². The van der Waals surface area contributed by atoms with E-state index in [0.29, 0.717) is 11.6 Å². The van der Waals surface area contributed by atoms with E-state index in [4.69, 9.17) is 11.6 Å². The topological polar surface area (TPSA) is 8.17 Å². The first kappa shape index (κ1) is 17.0. The summed E-state index contributed by atoms with van der Waals surface area (Å²) in [7, 11) is 4.19. The molecule has 0 unspecified atom stereocenters. The summed E-state index contributed by atoms with van der Waals surface area (Å²) in [5, 5.41) is 1.76. The number of aromatic nitrogens is 1. The van der Waals surface area contributed by atoms with Crippen molar-refractivity contribution in [3.05, 3.63) is 70.6 Å². The number of aryl methyl sites for hydroxylation is 1. The lowest BCUT2D eigenvalue weighted by atomic mass is 10.1. The Balaban J connectivity index is 1.90. The predicted molar refractivity (Wildman–Crippen MR) is 99.3 cm³/mol. The minimum Gasteiger partial charge on any atom is -0.343 e. The SMILES string of the molecule is CN(C)CCCc1cn(Cc2ccc(F)cc2Cl)c2ccccc12. The zero-order valence-electron chi connectivity index (χ0n) is 14.1. The molecule has 2 aromatic carbocycles. The lowest BCUT2D eigenvalue weighted by Gasteiger charge is -2.08. The molecule has 1 aromatic heterocycles. The van der Waals surface area contributed by atoms with Gasteiger partial charge in [-0.2, -0.15) is 0 Å². The molecular formula is C20H22ClFN2. The molecule has 126 valence electrons. The minimum atomic E-state index is -0.300. The predicted octanol–water partition coefficient (Wildman–Crippen LogP) is 4.98. The maximum Gasteiger partial charge on any atom is 0.124 e. The third-order valence-corrected chi connectivity index (χ3v) is 4.63. The summed E-state index contributed by atoms with van der Waals surface area (Å²) in [6.07, 6.45) is 4.38. The Morgan fingerprint density at radius 3 is 2.62 bits per heavy atom. The highest BCUT2D eigenvalue weighted by atomic mass is 35.5. The molecule has 3 aromatic rings. The van der Waals surface area contributed by atoms with Crippen LogP contribution in [0.4, 0.5) is 4.39 Å². The van der Waals surface area contributed by atoms with Crippen molar-refractivity contribution in [3.63, 3.8) is 0 Å². The molecule has 0 radical (unpaired) electrons. The fourth-order valence-electron chi connectivity index (χ4n) is 3.07. The first-order valence-corrected chi connectivity index (χ1v) is 8.58. The van der Waals surface area contributed by atoms with Crippen molar-refractivity contribution in [1.29, 1.82) is 0 Å². The summed E-state index contributed by atoms with van der Waals surface area (Å²) in [5.74, 6) is -0.300. The molecule has 0 aliphatic heterocycles. The summed E-state index contributed by atoms with van der Waals surface area (Å²) < 4.78 is 15.5. The fraction of sp³-hybridized carbons (Fsp3) is 0.300. The molecule has 4 heteroatoms. The number of nitrogens with zero attached hydrogens (tertiary/aromatic N) is 2. The van der Waals surface area contributed by atoms with E-state index in [2.05, 4.69) is 54.0 Å². The largest absolute Gasteiger partial charge is 0.343 e. The lowest BCUT2D eigenvalue weighted by Crippen LogP contribution is -2.13. The molecular weight excluding hydrogens is 323 g/mol. The Bertz CT molecular complexity index is 839. The second-order valence-corrected chi connectivity index (χ2v) is 6.85. The summed E-state index contributed by atoms with van der Waals surface area (Å²) >= 11 is 6.20. The number of hydrogen-bond acceptors (Lipinski definition) is 1. The van der Waals surface area contributed by atoms with Crippen LogP contribution in [-0.2, 0) is 13.0 Å². The van der Waals surface area contributed by atoms with Gasteiger partial charge >= 0.3 is 0 Å². The summed E-state index contributed by atoms with van der Waals surface area (Å²) in [4.78, 5) is 2.21. The van der Waals surface area contributed by atoms with Crippen molar-refractivity contribution in [2.24, 2.45) is 0 Å². The summed E-state index contributed by atoms with van der Waals surface area (Å²) in [6, 6.07) is 13.0. The Morgan fingerprint density at radius 1 is 1.08 bits per heavy atom. The Morgan fingerprint density at radius 2 is 1.88 bits per heavy atom. The maximum absolute atomic E-state index is 13.3. The summed E-state index contributed by atoms with van der Waals surface area (Å²) in [5.41, 5.74) is 3.47. The molecule has 2 nitrogen and oxygen atoms in total. The third-order valence-electron chi connectivity index (χ3n) is 4.28. The Labute approximate surface area is 147 Å². The third kappa shape index (κ3) is 3.80. The Hall–Kier alpha value is -1.84. The van der Waals surface area contributed by atoms with Crippen LogP contribution in [0.15, 0.2) is 48.7 Å². The van der Waals surface area contributed by atoms with E-state index in [1.807, 2.05) is 0 Å². The van der Waals surface area contributed by atoms with Gasteiger partial charge in [0, 0.05) is 28.7 Å². The second-order valence-electron chi connectivity index (χ2n) is 6.44. The number of hydrogen-bond donors (Lipinski definition) is 0. The van der Waals surface area contributed by atoms with E-state index >= 15 is 0 Å². The molecule has 0 atom stereocenters. The van der Waals surface area contributed by atoms with Crippen LogP contribution in [0.25, 0.3) is 10.9 Å². The Kier molecular flexibility index (Phi) is 5.22. The second kappa shape index (κ2) is 7.37. The van der Waals surface area contributed by atoms with Crippen molar-refractivity contribution in [1.82, 2.24) is 9.47 Å². The molecule has 0 aliphatic rings. The van der Waals surface area contributed by atoms with Gasteiger partial charge in [0.2, 0.25) is 0 Å².